The van der Waals surface area contributed by atoms with Crippen molar-refractivity contribution >= 4 is 6.03 Å². The monoisotopic (exact) mass is 295 g/mol. The Balaban J connectivity index is 1.67. The molecule has 0 radical (unpaired) electrons. The van der Waals surface area contributed by atoms with Crippen molar-refractivity contribution in [3.8, 4) is 0 Å². The smallest absolute Gasteiger partial charge is 0.318 e. The average Bonchev–Trinajstić information content (AvgIpc) is 2.96. The number of likely N-dealkylation sites (tertiary alicyclic amines) is 1. The Kier molecular flexibility index (Phi) is 4.37. The summed E-state index contributed by atoms with van der Waals surface area (Å²) in [6, 6.07) is 14.1. The molecule has 4 nitrogen and oxygen atoms in total. The summed E-state index contributed by atoms with van der Waals surface area (Å²) in [5, 5.41) is 3.03. The summed E-state index contributed by atoms with van der Waals surface area (Å²) in [6.07, 6.45) is 4.62. The minimum absolute atomic E-state index is 0.00190. The first kappa shape index (κ1) is 14.6. The van der Waals surface area contributed by atoms with E-state index in [2.05, 4.69) is 17.2 Å². The maximum Gasteiger partial charge on any atom is 0.318 e. The maximum atomic E-state index is 12.5. The van der Waals surface area contributed by atoms with E-state index in [4.69, 9.17) is 0 Å². The molecular formula is C18H21N3O. The van der Waals surface area contributed by atoms with Crippen molar-refractivity contribution in [3.05, 3.63) is 66.0 Å². The molecule has 3 rings (SSSR count). The highest BCUT2D eigenvalue weighted by molar-refractivity contribution is 5.75. The maximum absolute atomic E-state index is 12.5. The van der Waals surface area contributed by atoms with Crippen LogP contribution in [0.5, 0.6) is 0 Å². The minimum Gasteiger partial charge on any atom is -0.334 e. The molecule has 2 heterocycles. The summed E-state index contributed by atoms with van der Waals surface area (Å²) in [6.45, 7) is 3.54. The number of hydrogen-bond donors (Lipinski definition) is 1. The van der Waals surface area contributed by atoms with Gasteiger partial charge in [-0.1, -0.05) is 43.3 Å². The molecule has 1 aromatic heterocycles. The van der Waals surface area contributed by atoms with Crippen molar-refractivity contribution in [1.82, 2.24) is 15.2 Å². The van der Waals surface area contributed by atoms with Crippen LogP contribution in [0.3, 0.4) is 0 Å². The molecule has 0 bridgehead atoms. The molecule has 1 aliphatic rings. The van der Waals surface area contributed by atoms with E-state index in [-0.39, 0.29) is 12.1 Å². The number of carbonyl (C=O) groups is 1. The zero-order valence-corrected chi connectivity index (χ0v) is 12.8. The number of carbonyl (C=O) groups excluding carboxylic acids is 1. The van der Waals surface area contributed by atoms with Gasteiger partial charge in [-0.15, -0.1) is 0 Å². The fourth-order valence-electron chi connectivity index (χ4n) is 3.03. The van der Waals surface area contributed by atoms with Gasteiger partial charge in [0.2, 0.25) is 0 Å². The van der Waals surface area contributed by atoms with E-state index in [1.165, 1.54) is 0 Å². The van der Waals surface area contributed by atoms with Crippen LogP contribution in [-0.4, -0.2) is 22.5 Å². The molecule has 1 fully saturated rings. The van der Waals surface area contributed by atoms with Gasteiger partial charge in [0.1, 0.15) is 0 Å². The van der Waals surface area contributed by atoms with E-state index in [0.717, 1.165) is 24.1 Å². The summed E-state index contributed by atoms with van der Waals surface area (Å²) >= 11 is 0. The largest absolute Gasteiger partial charge is 0.334 e. The Morgan fingerprint density at radius 2 is 2.09 bits per heavy atom. The number of pyridine rings is 1. The van der Waals surface area contributed by atoms with Crippen molar-refractivity contribution in [2.45, 2.75) is 25.9 Å². The van der Waals surface area contributed by atoms with Gasteiger partial charge in [-0.25, -0.2) is 4.79 Å². The van der Waals surface area contributed by atoms with Crippen molar-refractivity contribution in [1.29, 1.82) is 0 Å². The summed E-state index contributed by atoms with van der Waals surface area (Å²) in [7, 11) is 0. The summed E-state index contributed by atoms with van der Waals surface area (Å²) in [4.78, 5) is 18.7. The third-order valence-electron chi connectivity index (χ3n) is 4.13. The zero-order valence-electron chi connectivity index (χ0n) is 12.8. The number of aromatic nitrogens is 1. The van der Waals surface area contributed by atoms with Crippen molar-refractivity contribution in [3.63, 3.8) is 0 Å². The standard InChI is InChI=1S/C18H21N3O/c1-14-10-17(16-8-5-9-19-12-16)21(13-14)18(22)20-11-15-6-3-2-4-7-15/h2-9,12,14,17H,10-11,13H2,1H3,(H,20,22). The molecular weight excluding hydrogens is 274 g/mol. The fraction of sp³-hybridized carbons (Fsp3) is 0.333. The van der Waals surface area contributed by atoms with Crippen molar-refractivity contribution < 1.29 is 4.79 Å². The van der Waals surface area contributed by atoms with Gasteiger partial charge in [0.15, 0.2) is 0 Å². The second-order valence-corrected chi connectivity index (χ2v) is 5.94. The average molecular weight is 295 g/mol. The topological polar surface area (TPSA) is 45.2 Å². The molecule has 2 atom stereocenters. The Hall–Kier alpha value is -2.36. The highest BCUT2D eigenvalue weighted by atomic mass is 16.2. The summed E-state index contributed by atoms with van der Waals surface area (Å²) in [5.41, 5.74) is 2.22. The fourth-order valence-corrected chi connectivity index (χ4v) is 3.03. The quantitative estimate of drug-likeness (QED) is 0.943. The lowest BCUT2D eigenvalue weighted by atomic mass is 10.0. The molecule has 0 saturated carbocycles. The minimum atomic E-state index is 0.00190. The number of nitrogens with one attached hydrogen (secondary N) is 1. The van der Waals surface area contributed by atoms with Crippen LogP contribution in [0, 0.1) is 5.92 Å². The molecule has 4 heteroatoms. The second kappa shape index (κ2) is 6.60. The van der Waals surface area contributed by atoms with Gasteiger partial charge in [-0.2, -0.15) is 0 Å². The van der Waals surface area contributed by atoms with Crippen LogP contribution in [0.2, 0.25) is 0 Å². The highest BCUT2D eigenvalue weighted by Gasteiger charge is 2.34. The molecule has 114 valence electrons. The predicted molar refractivity (Wildman–Crippen MR) is 86.1 cm³/mol. The van der Waals surface area contributed by atoms with Crippen LogP contribution in [0.15, 0.2) is 54.9 Å². The number of hydrogen-bond acceptors (Lipinski definition) is 2. The highest BCUT2D eigenvalue weighted by Crippen LogP contribution is 2.34. The Bertz CT molecular complexity index is 615. The molecule has 2 amide bonds. The summed E-state index contributed by atoms with van der Waals surface area (Å²) < 4.78 is 0. The van der Waals surface area contributed by atoms with Gasteiger partial charge >= 0.3 is 6.03 Å². The van der Waals surface area contributed by atoms with Crippen LogP contribution in [0.4, 0.5) is 4.79 Å². The Labute approximate surface area is 131 Å². The second-order valence-electron chi connectivity index (χ2n) is 5.94. The molecule has 1 N–H and O–H groups in total. The van der Waals surface area contributed by atoms with Gasteiger partial charge in [0.05, 0.1) is 6.04 Å². The van der Waals surface area contributed by atoms with Gasteiger partial charge in [0, 0.05) is 25.5 Å². The third kappa shape index (κ3) is 3.27. The van der Waals surface area contributed by atoms with Crippen molar-refractivity contribution in [2.75, 3.05) is 6.54 Å². The number of benzene rings is 1. The Morgan fingerprint density at radius 3 is 2.82 bits per heavy atom. The SMILES string of the molecule is CC1CC(c2cccnc2)N(C(=O)NCc2ccccc2)C1. The lowest BCUT2D eigenvalue weighted by molar-refractivity contribution is 0.191. The molecule has 1 aromatic carbocycles. The van der Waals surface area contributed by atoms with E-state index in [9.17, 15) is 4.79 Å². The number of urea groups is 1. The number of rotatable bonds is 3. The van der Waals surface area contributed by atoms with Crippen molar-refractivity contribution in [2.24, 2.45) is 5.92 Å². The van der Waals surface area contributed by atoms with Crippen LogP contribution in [0.25, 0.3) is 0 Å². The van der Waals surface area contributed by atoms with E-state index < -0.39 is 0 Å². The molecule has 1 aliphatic heterocycles. The zero-order chi connectivity index (χ0) is 15.4. The molecule has 0 aliphatic carbocycles. The number of nitrogens with zero attached hydrogens (tertiary/aromatic N) is 2. The lowest BCUT2D eigenvalue weighted by Gasteiger charge is -2.25. The van der Waals surface area contributed by atoms with E-state index in [1.54, 1.807) is 6.20 Å². The predicted octanol–water partition coefficient (Wildman–Crippen LogP) is 3.37. The Morgan fingerprint density at radius 1 is 1.27 bits per heavy atom. The van der Waals surface area contributed by atoms with Crippen LogP contribution < -0.4 is 5.32 Å². The first-order chi connectivity index (χ1) is 10.7. The van der Waals surface area contributed by atoms with Crippen LogP contribution >= 0.6 is 0 Å². The van der Waals surface area contributed by atoms with E-state index in [1.807, 2.05) is 53.6 Å². The first-order valence-electron chi connectivity index (χ1n) is 7.72. The number of amides is 2. The van der Waals surface area contributed by atoms with Gasteiger partial charge in [0.25, 0.3) is 0 Å². The molecule has 22 heavy (non-hydrogen) atoms. The van der Waals surface area contributed by atoms with Gasteiger partial charge in [-0.3, -0.25) is 4.98 Å². The lowest BCUT2D eigenvalue weighted by Crippen LogP contribution is -2.39. The van der Waals surface area contributed by atoms with E-state index in [0.29, 0.717) is 12.5 Å². The molecule has 2 unspecified atom stereocenters. The normalized spacial score (nSPS) is 20.9. The molecule has 2 aromatic rings. The van der Waals surface area contributed by atoms with Crippen LogP contribution in [-0.2, 0) is 6.54 Å². The summed E-state index contributed by atoms with van der Waals surface area (Å²) in [5.74, 6) is 0.507. The first-order valence-corrected chi connectivity index (χ1v) is 7.72. The molecule has 1 saturated heterocycles. The third-order valence-corrected chi connectivity index (χ3v) is 4.13. The van der Waals surface area contributed by atoms with E-state index >= 15 is 0 Å². The molecule has 0 spiro atoms. The van der Waals surface area contributed by atoms with Gasteiger partial charge in [-0.05, 0) is 29.5 Å². The van der Waals surface area contributed by atoms with Gasteiger partial charge < -0.3 is 10.2 Å². The van der Waals surface area contributed by atoms with Crippen LogP contribution in [0.1, 0.15) is 30.5 Å².